The van der Waals surface area contributed by atoms with Crippen LogP contribution in [0.2, 0.25) is 5.02 Å². The molecular formula is C27H20BrClFN3O6. The van der Waals surface area contributed by atoms with E-state index in [4.69, 9.17) is 21.1 Å². The molecule has 3 aromatic rings. The highest BCUT2D eigenvalue weighted by atomic mass is 79.9. The van der Waals surface area contributed by atoms with E-state index < -0.39 is 29.6 Å². The van der Waals surface area contributed by atoms with Gasteiger partial charge in [-0.3, -0.25) is 19.7 Å². The summed E-state index contributed by atoms with van der Waals surface area (Å²) in [6.45, 7) is 1.64. The summed E-state index contributed by atoms with van der Waals surface area (Å²) in [5.74, 6) is -2.13. The number of ether oxygens (including phenoxy) is 2. The molecular weight excluding hydrogens is 597 g/mol. The van der Waals surface area contributed by atoms with E-state index in [1.54, 1.807) is 6.92 Å². The molecule has 0 aliphatic carbocycles. The Morgan fingerprint density at radius 1 is 1.05 bits per heavy atom. The number of urea groups is 1. The molecule has 0 spiro atoms. The molecule has 0 radical (unpaired) electrons. The maximum Gasteiger partial charge on any atom is 0.335 e. The molecule has 39 heavy (non-hydrogen) atoms. The third-order valence-corrected chi connectivity index (χ3v) is 6.27. The molecule has 5 amide bonds. The van der Waals surface area contributed by atoms with Gasteiger partial charge in [0.1, 0.15) is 11.4 Å². The quantitative estimate of drug-likeness (QED) is 0.262. The molecule has 0 saturated carbocycles. The molecule has 9 nitrogen and oxygen atoms in total. The summed E-state index contributed by atoms with van der Waals surface area (Å²) < 4.78 is 24.8. The number of imide groups is 2. The number of nitrogens with one attached hydrogen (secondary N) is 2. The first-order chi connectivity index (χ1) is 18.7. The van der Waals surface area contributed by atoms with Gasteiger partial charge in [-0.2, -0.15) is 0 Å². The molecule has 0 atom stereocenters. The predicted octanol–water partition coefficient (Wildman–Crippen LogP) is 5.32. The Kier molecular flexibility index (Phi) is 8.62. The van der Waals surface area contributed by atoms with Crippen molar-refractivity contribution in [3.8, 4) is 11.5 Å². The standard InChI is InChI=1S/C27H20BrClFN3O6/c1-2-38-22-12-15(21(28)13-23(22)39-14-24(34)31-18-7-5-17(30)6-8-18)11-20-25(35)32-27(37)33(26(20)36)19-9-3-16(29)4-10-19/h3-13H,2,14H2,1H3,(H,31,34)(H,32,35,37)/b20-11+. The number of nitrogens with zero attached hydrogens (tertiary/aromatic N) is 1. The minimum atomic E-state index is -0.888. The van der Waals surface area contributed by atoms with Gasteiger partial charge in [0.15, 0.2) is 18.1 Å². The Morgan fingerprint density at radius 2 is 1.72 bits per heavy atom. The smallest absolute Gasteiger partial charge is 0.335 e. The van der Waals surface area contributed by atoms with Gasteiger partial charge in [-0.1, -0.05) is 27.5 Å². The lowest BCUT2D eigenvalue weighted by molar-refractivity contribution is -0.122. The lowest BCUT2D eigenvalue weighted by Gasteiger charge is -2.26. The number of benzene rings is 3. The first-order valence-corrected chi connectivity index (χ1v) is 12.6. The number of hydrogen-bond acceptors (Lipinski definition) is 6. The number of carbonyl (C=O) groups excluding carboxylic acids is 4. The van der Waals surface area contributed by atoms with E-state index in [0.717, 1.165) is 4.90 Å². The van der Waals surface area contributed by atoms with E-state index in [2.05, 4.69) is 26.6 Å². The molecule has 0 aromatic heterocycles. The Bertz CT molecular complexity index is 1480. The minimum Gasteiger partial charge on any atom is -0.490 e. The average Bonchev–Trinajstić information content (AvgIpc) is 2.89. The molecule has 0 bridgehead atoms. The van der Waals surface area contributed by atoms with Crippen molar-refractivity contribution < 1.29 is 33.0 Å². The third kappa shape index (κ3) is 6.62. The highest BCUT2D eigenvalue weighted by Crippen LogP contribution is 2.35. The van der Waals surface area contributed by atoms with Gasteiger partial charge in [0.25, 0.3) is 17.7 Å². The van der Waals surface area contributed by atoms with E-state index in [-0.39, 0.29) is 36.0 Å². The van der Waals surface area contributed by atoms with Crippen molar-refractivity contribution in [2.24, 2.45) is 0 Å². The van der Waals surface area contributed by atoms with E-state index in [1.165, 1.54) is 66.7 Å². The van der Waals surface area contributed by atoms with E-state index in [1.807, 2.05) is 0 Å². The number of hydrogen-bond donors (Lipinski definition) is 2. The summed E-state index contributed by atoms with van der Waals surface area (Å²) in [5.41, 5.74) is 0.724. The minimum absolute atomic E-state index is 0.220. The molecule has 3 aromatic carbocycles. The van der Waals surface area contributed by atoms with Crippen LogP contribution in [-0.2, 0) is 14.4 Å². The fourth-order valence-corrected chi connectivity index (χ4v) is 4.12. The average molecular weight is 617 g/mol. The van der Waals surface area contributed by atoms with Crippen LogP contribution in [0.1, 0.15) is 12.5 Å². The molecule has 4 rings (SSSR count). The second-order valence-corrected chi connectivity index (χ2v) is 9.32. The number of amides is 5. The van der Waals surface area contributed by atoms with Gasteiger partial charge in [0, 0.05) is 15.2 Å². The zero-order chi connectivity index (χ0) is 28.1. The first kappa shape index (κ1) is 27.8. The van der Waals surface area contributed by atoms with E-state index in [9.17, 15) is 23.6 Å². The summed E-state index contributed by atoms with van der Waals surface area (Å²) in [6.07, 6.45) is 1.31. The Morgan fingerprint density at radius 3 is 2.38 bits per heavy atom. The number of halogens is 3. The lowest BCUT2D eigenvalue weighted by atomic mass is 10.1. The summed E-state index contributed by atoms with van der Waals surface area (Å²) in [5, 5.41) is 5.16. The zero-order valence-corrected chi connectivity index (χ0v) is 22.6. The Balaban J connectivity index is 1.57. The normalized spacial score (nSPS) is 14.3. The molecule has 1 heterocycles. The highest BCUT2D eigenvalue weighted by molar-refractivity contribution is 9.10. The van der Waals surface area contributed by atoms with Crippen LogP contribution in [-0.4, -0.2) is 37.0 Å². The van der Waals surface area contributed by atoms with Gasteiger partial charge >= 0.3 is 6.03 Å². The number of anilines is 2. The highest BCUT2D eigenvalue weighted by Gasteiger charge is 2.37. The van der Waals surface area contributed by atoms with Crippen LogP contribution in [0.5, 0.6) is 11.5 Å². The van der Waals surface area contributed by atoms with Gasteiger partial charge in [-0.15, -0.1) is 0 Å². The van der Waals surface area contributed by atoms with Crippen molar-refractivity contribution in [3.63, 3.8) is 0 Å². The topological polar surface area (TPSA) is 114 Å². The van der Waals surface area contributed by atoms with Crippen LogP contribution in [0.25, 0.3) is 6.08 Å². The molecule has 1 aliphatic rings. The summed E-state index contributed by atoms with van der Waals surface area (Å²) in [6, 6.07) is 13.4. The van der Waals surface area contributed by atoms with Crippen LogP contribution < -0.4 is 25.0 Å². The second kappa shape index (κ2) is 12.1. The monoisotopic (exact) mass is 615 g/mol. The fraction of sp³-hybridized carbons (Fsp3) is 0.111. The van der Waals surface area contributed by atoms with Crippen LogP contribution in [0.15, 0.2) is 70.7 Å². The second-order valence-electron chi connectivity index (χ2n) is 8.03. The van der Waals surface area contributed by atoms with Crippen LogP contribution >= 0.6 is 27.5 Å². The molecule has 0 unspecified atom stereocenters. The summed E-state index contributed by atoms with van der Waals surface area (Å²) >= 11 is 9.30. The molecule has 2 N–H and O–H groups in total. The van der Waals surface area contributed by atoms with Crippen LogP contribution in [0, 0.1) is 5.82 Å². The van der Waals surface area contributed by atoms with Crippen LogP contribution in [0.3, 0.4) is 0 Å². The largest absolute Gasteiger partial charge is 0.490 e. The fourth-order valence-electron chi connectivity index (χ4n) is 3.55. The molecule has 1 saturated heterocycles. The first-order valence-electron chi connectivity index (χ1n) is 11.5. The van der Waals surface area contributed by atoms with Crippen molar-refractivity contribution in [2.45, 2.75) is 6.92 Å². The van der Waals surface area contributed by atoms with Gasteiger partial charge in [-0.25, -0.2) is 14.1 Å². The maximum absolute atomic E-state index is 13.2. The van der Waals surface area contributed by atoms with Crippen molar-refractivity contribution in [1.82, 2.24) is 5.32 Å². The van der Waals surface area contributed by atoms with Gasteiger partial charge in [0.05, 0.1) is 12.3 Å². The molecule has 1 aliphatic heterocycles. The van der Waals surface area contributed by atoms with E-state index in [0.29, 0.717) is 20.7 Å². The van der Waals surface area contributed by atoms with Gasteiger partial charge < -0.3 is 14.8 Å². The van der Waals surface area contributed by atoms with Crippen molar-refractivity contribution >= 4 is 68.7 Å². The molecule has 12 heteroatoms. The van der Waals surface area contributed by atoms with Crippen molar-refractivity contribution in [3.05, 3.63) is 87.1 Å². The number of rotatable bonds is 8. The Labute approximate surface area is 235 Å². The zero-order valence-electron chi connectivity index (χ0n) is 20.3. The third-order valence-electron chi connectivity index (χ3n) is 5.34. The van der Waals surface area contributed by atoms with Gasteiger partial charge in [-0.05, 0) is 79.2 Å². The van der Waals surface area contributed by atoms with Crippen LogP contribution in [0.4, 0.5) is 20.6 Å². The number of barbiturate groups is 1. The SMILES string of the molecule is CCOc1cc(/C=C2\C(=O)NC(=O)N(c3ccc(Cl)cc3)C2=O)c(Br)cc1OCC(=O)Nc1ccc(F)cc1. The molecule has 200 valence electrons. The predicted molar refractivity (Wildman–Crippen MR) is 146 cm³/mol. The van der Waals surface area contributed by atoms with Crippen molar-refractivity contribution in [1.29, 1.82) is 0 Å². The Hall–Kier alpha value is -4.22. The lowest BCUT2D eigenvalue weighted by Crippen LogP contribution is -2.54. The molecule has 1 fully saturated rings. The maximum atomic E-state index is 13.2. The number of carbonyl (C=O) groups is 4. The summed E-state index contributed by atoms with van der Waals surface area (Å²) in [7, 11) is 0. The van der Waals surface area contributed by atoms with Crippen molar-refractivity contribution in [2.75, 3.05) is 23.4 Å². The van der Waals surface area contributed by atoms with Gasteiger partial charge in [0.2, 0.25) is 0 Å². The van der Waals surface area contributed by atoms with E-state index >= 15 is 0 Å². The summed E-state index contributed by atoms with van der Waals surface area (Å²) in [4.78, 5) is 51.3.